The lowest BCUT2D eigenvalue weighted by Crippen LogP contribution is -1.95. The maximum absolute atomic E-state index is 9.00. The molecule has 5 N–H and O–H groups in total. The van der Waals surface area contributed by atoms with Gasteiger partial charge in [-0.25, -0.2) is 4.98 Å². The SMILES string of the molecule is CC(=O)O.Cl.Nc1ccc(/N=N/c2ccccc2)c(N)n1. The summed E-state index contributed by atoms with van der Waals surface area (Å²) in [5.74, 6) is -0.184. The van der Waals surface area contributed by atoms with E-state index in [1.165, 1.54) is 0 Å². The van der Waals surface area contributed by atoms with E-state index in [1.54, 1.807) is 12.1 Å². The topological polar surface area (TPSA) is 127 Å². The summed E-state index contributed by atoms with van der Waals surface area (Å²) in [6.45, 7) is 1.08. The molecule has 0 amide bonds. The Balaban J connectivity index is 0.000000715. The van der Waals surface area contributed by atoms with E-state index in [2.05, 4.69) is 15.2 Å². The summed E-state index contributed by atoms with van der Waals surface area (Å²) < 4.78 is 0. The van der Waals surface area contributed by atoms with Crippen LogP contribution in [0.25, 0.3) is 0 Å². The number of carboxylic acids is 1. The molecular formula is C13H16ClN5O2. The van der Waals surface area contributed by atoms with Crippen molar-refractivity contribution in [3.05, 3.63) is 42.5 Å². The van der Waals surface area contributed by atoms with E-state index in [0.717, 1.165) is 12.6 Å². The van der Waals surface area contributed by atoms with Crippen LogP contribution in [0.1, 0.15) is 6.92 Å². The Hall–Kier alpha value is -2.67. The first-order chi connectivity index (χ1) is 9.49. The van der Waals surface area contributed by atoms with E-state index in [1.807, 2.05) is 30.3 Å². The summed E-state index contributed by atoms with van der Waals surface area (Å²) in [6.07, 6.45) is 0. The standard InChI is InChI=1S/C11H11N5.C2H4O2.ClH/c12-10-7-6-9(11(13)14-10)16-15-8-4-2-1-3-5-8;1-2(3)4;/h1-7H,(H4,12,13,14);1H3,(H,3,4);1H/b16-15+;;. The normalized spacial score (nSPS) is 9.38. The predicted molar refractivity (Wildman–Crippen MR) is 84.2 cm³/mol. The van der Waals surface area contributed by atoms with Crippen LogP contribution in [0.5, 0.6) is 0 Å². The van der Waals surface area contributed by atoms with E-state index >= 15 is 0 Å². The monoisotopic (exact) mass is 309 g/mol. The molecule has 0 unspecified atom stereocenters. The van der Waals surface area contributed by atoms with Gasteiger partial charge in [-0.2, -0.15) is 5.11 Å². The molecule has 2 aromatic rings. The van der Waals surface area contributed by atoms with Crippen LogP contribution < -0.4 is 11.5 Å². The number of anilines is 2. The fourth-order valence-corrected chi connectivity index (χ4v) is 1.17. The number of hydrogen-bond acceptors (Lipinski definition) is 6. The maximum atomic E-state index is 9.00. The summed E-state index contributed by atoms with van der Waals surface area (Å²) in [4.78, 5) is 12.9. The molecule has 0 saturated carbocycles. The number of nitrogens with zero attached hydrogens (tertiary/aromatic N) is 3. The quantitative estimate of drug-likeness (QED) is 0.734. The first-order valence-electron chi connectivity index (χ1n) is 5.67. The number of pyridine rings is 1. The molecule has 0 aliphatic rings. The van der Waals surface area contributed by atoms with E-state index in [-0.39, 0.29) is 18.2 Å². The van der Waals surface area contributed by atoms with Crippen LogP contribution in [0.15, 0.2) is 52.7 Å². The molecule has 21 heavy (non-hydrogen) atoms. The third-order valence-corrected chi connectivity index (χ3v) is 1.95. The molecule has 0 radical (unpaired) electrons. The zero-order valence-electron chi connectivity index (χ0n) is 11.3. The lowest BCUT2D eigenvalue weighted by molar-refractivity contribution is -0.134. The van der Waals surface area contributed by atoms with Crippen molar-refractivity contribution >= 4 is 41.4 Å². The van der Waals surface area contributed by atoms with Crippen molar-refractivity contribution in [2.45, 2.75) is 6.92 Å². The van der Waals surface area contributed by atoms with Gasteiger partial charge >= 0.3 is 0 Å². The van der Waals surface area contributed by atoms with Crippen LogP contribution in [-0.4, -0.2) is 16.1 Å². The summed E-state index contributed by atoms with van der Waals surface area (Å²) in [5, 5.41) is 15.4. The zero-order valence-corrected chi connectivity index (χ0v) is 12.1. The molecular weight excluding hydrogens is 294 g/mol. The molecule has 1 aromatic heterocycles. The second-order valence-corrected chi connectivity index (χ2v) is 3.70. The van der Waals surface area contributed by atoms with Gasteiger partial charge < -0.3 is 16.6 Å². The average molecular weight is 310 g/mol. The van der Waals surface area contributed by atoms with Crippen molar-refractivity contribution < 1.29 is 9.90 Å². The molecule has 0 aliphatic heterocycles. The number of carbonyl (C=O) groups is 1. The summed E-state index contributed by atoms with van der Waals surface area (Å²) in [6, 6.07) is 12.7. The highest BCUT2D eigenvalue weighted by Gasteiger charge is 1.98. The third-order valence-electron chi connectivity index (χ3n) is 1.95. The number of nitrogen functional groups attached to an aromatic ring is 2. The number of carboxylic acid groups (broad SMARTS) is 1. The lowest BCUT2D eigenvalue weighted by atomic mass is 10.3. The Labute approximate surface area is 128 Å². The van der Waals surface area contributed by atoms with Crippen LogP contribution in [-0.2, 0) is 4.79 Å². The molecule has 112 valence electrons. The summed E-state index contributed by atoms with van der Waals surface area (Å²) in [5.41, 5.74) is 12.4. The van der Waals surface area contributed by atoms with Crippen molar-refractivity contribution in [1.29, 1.82) is 0 Å². The zero-order chi connectivity index (χ0) is 15.0. The maximum Gasteiger partial charge on any atom is 0.300 e. The first-order valence-corrected chi connectivity index (χ1v) is 5.67. The third kappa shape index (κ3) is 7.48. The number of nitrogens with two attached hydrogens (primary N) is 2. The molecule has 1 heterocycles. The van der Waals surface area contributed by atoms with E-state index in [0.29, 0.717) is 11.5 Å². The van der Waals surface area contributed by atoms with Crippen LogP contribution in [0.2, 0.25) is 0 Å². The van der Waals surface area contributed by atoms with Crippen molar-refractivity contribution in [3.63, 3.8) is 0 Å². The van der Waals surface area contributed by atoms with Gasteiger partial charge in [-0.05, 0) is 24.3 Å². The average Bonchev–Trinajstić information content (AvgIpc) is 2.38. The fraction of sp³-hybridized carbons (Fsp3) is 0.0769. The van der Waals surface area contributed by atoms with E-state index in [9.17, 15) is 0 Å². The van der Waals surface area contributed by atoms with Crippen molar-refractivity contribution in [2.24, 2.45) is 10.2 Å². The van der Waals surface area contributed by atoms with Gasteiger partial charge in [-0.15, -0.1) is 17.5 Å². The molecule has 0 atom stereocenters. The smallest absolute Gasteiger partial charge is 0.300 e. The van der Waals surface area contributed by atoms with Crippen molar-refractivity contribution in [3.8, 4) is 0 Å². The van der Waals surface area contributed by atoms with Crippen LogP contribution in [0.3, 0.4) is 0 Å². The van der Waals surface area contributed by atoms with Gasteiger partial charge in [0.15, 0.2) is 5.82 Å². The summed E-state index contributed by atoms with van der Waals surface area (Å²) >= 11 is 0. The van der Waals surface area contributed by atoms with Gasteiger partial charge in [-0.3, -0.25) is 4.79 Å². The number of halogens is 1. The van der Waals surface area contributed by atoms with Gasteiger partial charge in [0.1, 0.15) is 11.5 Å². The van der Waals surface area contributed by atoms with Crippen LogP contribution in [0.4, 0.5) is 23.0 Å². The Bertz CT molecular complexity index is 601. The number of aliphatic carboxylic acids is 1. The highest BCUT2D eigenvalue weighted by atomic mass is 35.5. The molecule has 0 saturated heterocycles. The molecule has 1 aromatic carbocycles. The molecule has 0 spiro atoms. The minimum atomic E-state index is -0.833. The number of hydrogen-bond donors (Lipinski definition) is 3. The fourth-order valence-electron chi connectivity index (χ4n) is 1.17. The van der Waals surface area contributed by atoms with Crippen molar-refractivity contribution in [1.82, 2.24) is 4.98 Å². The van der Waals surface area contributed by atoms with Gasteiger partial charge in [0, 0.05) is 6.92 Å². The number of rotatable bonds is 2. The number of aromatic nitrogens is 1. The molecule has 0 fully saturated rings. The Morgan fingerprint density at radius 1 is 1.10 bits per heavy atom. The minimum absolute atomic E-state index is 0. The Kier molecular flexibility index (Phi) is 8.09. The predicted octanol–water partition coefficient (Wildman–Crippen LogP) is 3.17. The molecule has 0 aliphatic carbocycles. The number of benzene rings is 1. The summed E-state index contributed by atoms with van der Waals surface area (Å²) in [7, 11) is 0. The van der Waals surface area contributed by atoms with Crippen LogP contribution in [0, 0.1) is 0 Å². The van der Waals surface area contributed by atoms with Gasteiger partial charge in [0.05, 0.1) is 5.69 Å². The Morgan fingerprint density at radius 2 is 1.67 bits per heavy atom. The highest BCUT2D eigenvalue weighted by Crippen LogP contribution is 2.23. The van der Waals surface area contributed by atoms with Crippen LogP contribution >= 0.6 is 12.4 Å². The lowest BCUT2D eigenvalue weighted by Gasteiger charge is -1.98. The van der Waals surface area contributed by atoms with E-state index in [4.69, 9.17) is 21.4 Å². The number of azo groups is 1. The largest absolute Gasteiger partial charge is 0.481 e. The second-order valence-electron chi connectivity index (χ2n) is 3.70. The highest BCUT2D eigenvalue weighted by molar-refractivity contribution is 5.85. The molecule has 2 rings (SSSR count). The van der Waals surface area contributed by atoms with Crippen molar-refractivity contribution in [2.75, 3.05) is 11.5 Å². The Morgan fingerprint density at radius 3 is 2.19 bits per heavy atom. The first kappa shape index (κ1) is 18.3. The second kappa shape index (κ2) is 9.27. The minimum Gasteiger partial charge on any atom is -0.481 e. The molecule has 0 bridgehead atoms. The van der Waals surface area contributed by atoms with E-state index < -0.39 is 5.97 Å². The van der Waals surface area contributed by atoms with Gasteiger partial charge in [0.25, 0.3) is 5.97 Å². The molecule has 7 nitrogen and oxygen atoms in total. The molecule has 8 heteroatoms. The van der Waals surface area contributed by atoms with Gasteiger partial charge in [-0.1, -0.05) is 18.2 Å². The van der Waals surface area contributed by atoms with Gasteiger partial charge in [0.2, 0.25) is 0 Å².